The first kappa shape index (κ1) is 23.7. The van der Waals surface area contributed by atoms with Crippen molar-refractivity contribution in [2.45, 2.75) is 33.2 Å². The third kappa shape index (κ3) is 5.55. The number of carbonyl (C=O) groups is 2. The number of aryl methyl sites for hydroxylation is 1. The minimum atomic E-state index is -0.289. The van der Waals surface area contributed by atoms with Crippen molar-refractivity contribution in [3.63, 3.8) is 0 Å². The molecule has 2 amide bonds. The lowest BCUT2D eigenvalue weighted by atomic mass is 9.99. The topological polar surface area (TPSA) is 128 Å². The molecule has 178 valence electrons. The molecule has 4 aromatic rings. The molecule has 0 atom stereocenters. The highest BCUT2D eigenvalue weighted by molar-refractivity contribution is 5.93. The summed E-state index contributed by atoms with van der Waals surface area (Å²) in [5, 5.41) is 13.6. The summed E-state index contributed by atoms with van der Waals surface area (Å²) < 4.78 is 1.53. The van der Waals surface area contributed by atoms with Crippen LogP contribution in [0.2, 0.25) is 0 Å². The van der Waals surface area contributed by atoms with Crippen molar-refractivity contribution in [1.82, 2.24) is 35.3 Å². The molecule has 0 aliphatic carbocycles. The number of aromatic nitrogens is 6. The van der Waals surface area contributed by atoms with Gasteiger partial charge in [-0.1, -0.05) is 25.1 Å². The Morgan fingerprint density at radius 1 is 1.06 bits per heavy atom. The molecule has 0 aliphatic heterocycles. The van der Waals surface area contributed by atoms with Gasteiger partial charge in [-0.25, -0.2) is 14.6 Å². The van der Waals surface area contributed by atoms with E-state index in [1.54, 1.807) is 31.7 Å². The molecule has 0 saturated carbocycles. The maximum absolute atomic E-state index is 12.6. The van der Waals surface area contributed by atoms with Crippen LogP contribution in [0.15, 0.2) is 55.2 Å². The van der Waals surface area contributed by atoms with Gasteiger partial charge in [0.2, 0.25) is 5.91 Å². The summed E-state index contributed by atoms with van der Waals surface area (Å²) >= 11 is 0. The predicted molar refractivity (Wildman–Crippen MR) is 132 cm³/mol. The van der Waals surface area contributed by atoms with Crippen molar-refractivity contribution in [1.29, 1.82) is 0 Å². The summed E-state index contributed by atoms with van der Waals surface area (Å²) in [6, 6.07) is 9.27. The van der Waals surface area contributed by atoms with Crippen molar-refractivity contribution in [2.75, 3.05) is 12.4 Å². The minimum absolute atomic E-state index is 0.0708. The molecule has 3 aromatic heterocycles. The monoisotopic (exact) mass is 470 g/mol. The number of carbonyl (C=O) groups excluding carboxylic acids is 2. The van der Waals surface area contributed by atoms with Gasteiger partial charge in [0.25, 0.3) is 5.91 Å². The van der Waals surface area contributed by atoms with Crippen LogP contribution in [0.1, 0.15) is 41.5 Å². The van der Waals surface area contributed by atoms with Gasteiger partial charge in [0.15, 0.2) is 0 Å². The standard InChI is InChI=1S/C25H26N8O2/c1-15(2)23-12-33(32-31-23)13-24(34)30-19-6-5-16(3)20(8-19)17-7-18(11-27-10-17)21-9-22(25(35)26-4)29-14-28-21/h5-12,14-15H,13H2,1-4H3,(H,26,35)(H,30,34). The second-order valence-electron chi connectivity index (χ2n) is 8.40. The molecule has 0 aliphatic rings. The van der Waals surface area contributed by atoms with Crippen LogP contribution >= 0.6 is 0 Å². The van der Waals surface area contributed by atoms with E-state index in [1.807, 2.05) is 45.0 Å². The van der Waals surface area contributed by atoms with Crippen molar-refractivity contribution < 1.29 is 9.59 Å². The number of amides is 2. The van der Waals surface area contributed by atoms with Crippen molar-refractivity contribution in [3.8, 4) is 22.4 Å². The molecular weight excluding hydrogens is 444 g/mol. The summed E-state index contributed by atoms with van der Waals surface area (Å²) in [6.07, 6.45) is 6.57. The zero-order chi connectivity index (χ0) is 24.9. The van der Waals surface area contributed by atoms with E-state index in [-0.39, 0.29) is 30.0 Å². The molecular formula is C25H26N8O2. The van der Waals surface area contributed by atoms with Gasteiger partial charge in [-0.2, -0.15) is 0 Å². The largest absolute Gasteiger partial charge is 0.354 e. The van der Waals surface area contributed by atoms with Crippen LogP contribution in [0.4, 0.5) is 5.69 Å². The van der Waals surface area contributed by atoms with Gasteiger partial charge in [-0.05, 0) is 48.2 Å². The average Bonchev–Trinajstić information content (AvgIpc) is 3.33. The molecule has 0 radical (unpaired) electrons. The molecule has 0 unspecified atom stereocenters. The molecule has 0 bridgehead atoms. The Morgan fingerprint density at radius 3 is 2.60 bits per heavy atom. The van der Waals surface area contributed by atoms with Crippen LogP contribution in [-0.2, 0) is 11.3 Å². The van der Waals surface area contributed by atoms with Crippen molar-refractivity contribution >= 4 is 17.5 Å². The van der Waals surface area contributed by atoms with Gasteiger partial charge in [0.05, 0.1) is 11.4 Å². The Hall–Kier alpha value is -4.47. The Kier molecular flexibility index (Phi) is 6.91. The van der Waals surface area contributed by atoms with Crippen LogP contribution in [0.25, 0.3) is 22.4 Å². The third-order valence-corrected chi connectivity index (χ3v) is 5.45. The summed E-state index contributed by atoms with van der Waals surface area (Å²) in [5.74, 6) is -0.244. The van der Waals surface area contributed by atoms with Gasteiger partial charge in [-0.15, -0.1) is 5.10 Å². The lowest BCUT2D eigenvalue weighted by molar-refractivity contribution is -0.116. The van der Waals surface area contributed by atoms with E-state index in [1.165, 1.54) is 11.0 Å². The van der Waals surface area contributed by atoms with Gasteiger partial charge >= 0.3 is 0 Å². The summed E-state index contributed by atoms with van der Waals surface area (Å²) in [6.45, 7) is 6.11. The lowest BCUT2D eigenvalue weighted by Gasteiger charge is -2.11. The fourth-order valence-electron chi connectivity index (χ4n) is 3.51. The highest BCUT2D eigenvalue weighted by Gasteiger charge is 2.12. The SMILES string of the molecule is CNC(=O)c1cc(-c2cncc(-c3cc(NC(=O)Cn4cc(C(C)C)nn4)ccc3C)c2)ncn1. The summed E-state index contributed by atoms with van der Waals surface area (Å²) in [4.78, 5) is 37.2. The Morgan fingerprint density at radius 2 is 1.86 bits per heavy atom. The number of hydrogen-bond acceptors (Lipinski definition) is 7. The van der Waals surface area contributed by atoms with E-state index in [0.717, 1.165) is 27.9 Å². The van der Waals surface area contributed by atoms with Crippen molar-refractivity contribution in [2.24, 2.45) is 0 Å². The number of benzene rings is 1. The van der Waals surface area contributed by atoms with E-state index in [4.69, 9.17) is 0 Å². The Bertz CT molecular complexity index is 1380. The number of nitrogens with one attached hydrogen (secondary N) is 2. The number of anilines is 1. The maximum Gasteiger partial charge on any atom is 0.269 e. The van der Waals surface area contributed by atoms with E-state index < -0.39 is 0 Å². The first-order valence-corrected chi connectivity index (χ1v) is 11.1. The van der Waals surface area contributed by atoms with Crippen LogP contribution in [0.3, 0.4) is 0 Å². The second-order valence-corrected chi connectivity index (χ2v) is 8.40. The molecule has 0 fully saturated rings. The predicted octanol–water partition coefficient (Wildman–Crippen LogP) is 3.23. The molecule has 35 heavy (non-hydrogen) atoms. The summed E-state index contributed by atoms with van der Waals surface area (Å²) in [7, 11) is 1.55. The molecule has 3 heterocycles. The van der Waals surface area contributed by atoms with Crippen LogP contribution in [0.5, 0.6) is 0 Å². The fourth-order valence-corrected chi connectivity index (χ4v) is 3.51. The maximum atomic E-state index is 12.6. The van der Waals surface area contributed by atoms with Crippen LogP contribution in [-0.4, -0.2) is 48.8 Å². The van der Waals surface area contributed by atoms with Gasteiger partial charge < -0.3 is 10.6 Å². The van der Waals surface area contributed by atoms with E-state index >= 15 is 0 Å². The second kappa shape index (κ2) is 10.2. The highest BCUT2D eigenvalue weighted by atomic mass is 16.2. The molecule has 10 heteroatoms. The molecule has 4 rings (SSSR count). The Balaban J connectivity index is 1.56. The molecule has 1 aromatic carbocycles. The Labute approximate surface area is 202 Å². The molecule has 0 spiro atoms. The quantitative estimate of drug-likeness (QED) is 0.424. The number of pyridine rings is 1. The fraction of sp³-hybridized carbons (Fsp3) is 0.240. The van der Waals surface area contributed by atoms with E-state index in [9.17, 15) is 9.59 Å². The molecule has 10 nitrogen and oxygen atoms in total. The van der Waals surface area contributed by atoms with Crippen molar-refractivity contribution in [3.05, 3.63) is 72.2 Å². The highest BCUT2D eigenvalue weighted by Crippen LogP contribution is 2.29. The van der Waals surface area contributed by atoms with E-state index in [2.05, 4.69) is 35.9 Å². The minimum Gasteiger partial charge on any atom is -0.354 e. The van der Waals surface area contributed by atoms with Crippen LogP contribution in [0, 0.1) is 6.92 Å². The zero-order valence-corrected chi connectivity index (χ0v) is 20.0. The van der Waals surface area contributed by atoms with Crippen LogP contribution < -0.4 is 10.6 Å². The first-order chi connectivity index (χ1) is 16.8. The van der Waals surface area contributed by atoms with Gasteiger partial charge in [0, 0.05) is 42.5 Å². The number of hydrogen-bond donors (Lipinski definition) is 2. The third-order valence-electron chi connectivity index (χ3n) is 5.45. The lowest BCUT2D eigenvalue weighted by Crippen LogP contribution is -2.19. The molecule has 0 saturated heterocycles. The average molecular weight is 471 g/mol. The smallest absolute Gasteiger partial charge is 0.269 e. The zero-order valence-electron chi connectivity index (χ0n) is 20.0. The summed E-state index contributed by atoms with van der Waals surface area (Å²) in [5.41, 5.74) is 5.91. The number of nitrogens with zero attached hydrogens (tertiary/aromatic N) is 6. The van der Waals surface area contributed by atoms with E-state index in [0.29, 0.717) is 11.4 Å². The normalized spacial score (nSPS) is 10.9. The van der Waals surface area contributed by atoms with Gasteiger partial charge in [-0.3, -0.25) is 14.6 Å². The van der Waals surface area contributed by atoms with Gasteiger partial charge in [0.1, 0.15) is 18.6 Å². The first-order valence-electron chi connectivity index (χ1n) is 11.1. The number of rotatable bonds is 7. The molecule has 2 N–H and O–H groups in total.